The molecule has 1 aliphatic rings. The van der Waals surface area contributed by atoms with E-state index in [4.69, 9.17) is 0 Å². The molecular weight excluding hydrogens is 496 g/mol. The van der Waals surface area contributed by atoms with Crippen molar-refractivity contribution in [2.75, 3.05) is 13.1 Å². The topological polar surface area (TPSA) is 119 Å². The van der Waals surface area contributed by atoms with E-state index in [1.165, 1.54) is 18.2 Å². The summed E-state index contributed by atoms with van der Waals surface area (Å²) in [5.74, 6) is -5.91. The third-order valence-electron chi connectivity index (χ3n) is 6.69. The molecule has 2 aromatic rings. The minimum absolute atomic E-state index is 0.0128. The second-order valence-corrected chi connectivity index (χ2v) is 9.56. The maximum absolute atomic E-state index is 14.4. The molecular formula is C28H33F2N3O5. The Morgan fingerprint density at radius 2 is 1.84 bits per heavy atom. The SMILES string of the molecule is C/C=C(\C)CNC(=O)[C@@H]1CC(F)(F)CN1C(=O)[C@@H](O)C(Cc1ccccc1)NC(=O)c1cccc(O)c1C. The van der Waals surface area contributed by atoms with Gasteiger partial charge in [-0.05, 0) is 44.9 Å². The van der Waals surface area contributed by atoms with Crippen molar-refractivity contribution in [3.05, 3.63) is 76.9 Å². The highest BCUT2D eigenvalue weighted by Gasteiger charge is 2.51. The van der Waals surface area contributed by atoms with Gasteiger partial charge in [0, 0.05) is 24.1 Å². The van der Waals surface area contributed by atoms with E-state index in [0.717, 1.165) is 5.57 Å². The molecule has 8 nitrogen and oxygen atoms in total. The van der Waals surface area contributed by atoms with Crippen LogP contribution in [0, 0.1) is 6.92 Å². The quantitative estimate of drug-likeness (QED) is 0.373. The number of nitrogens with one attached hydrogen (secondary N) is 2. The summed E-state index contributed by atoms with van der Waals surface area (Å²) in [4.78, 5) is 39.9. The lowest BCUT2D eigenvalue weighted by Gasteiger charge is -2.30. The van der Waals surface area contributed by atoms with E-state index < -0.39 is 54.8 Å². The highest BCUT2D eigenvalue weighted by atomic mass is 19.3. The number of amides is 3. The van der Waals surface area contributed by atoms with Crippen molar-refractivity contribution in [3.8, 4) is 5.75 Å². The standard InChI is InChI=1S/C28H33F2N3O5/c1-4-17(2)15-31-26(37)22-14-28(29,30)16-33(22)27(38)24(35)21(13-19-9-6-5-7-10-19)32-25(36)20-11-8-12-23(34)18(20)3/h4-12,21-22,24,34-35H,13-16H2,1-3H3,(H,31,37)(H,32,36)/b17-4+/t21?,22-,24-/m0/s1. The Bertz CT molecular complexity index is 1200. The van der Waals surface area contributed by atoms with Crippen LogP contribution in [-0.2, 0) is 16.0 Å². The summed E-state index contributed by atoms with van der Waals surface area (Å²) in [6.07, 6.45) is -1.01. The van der Waals surface area contributed by atoms with Gasteiger partial charge >= 0.3 is 0 Å². The van der Waals surface area contributed by atoms with Gasteiger partial charge in [-0.2, -0.15) is 0 Å². The second kappa shape index (κ2) is 12.2. The van der Waals surface area contributed by atoms with Gasteiger partial charge in [-0.25, -0.2) is 8.78 Å². The summed E-state index contributed by atoms with van der Waals surface area (Å²) in [6.45, 7) is 4.19. The molecule has 1 aliphatic heterocycles. The Balaban J connectivity index is 1.86. The van der Waals surface area contributed by atoms with E-state index in [1.54, 1.807) is 57.2 Å². The van der Waals surface area contributed by atoms with Crippen LogP contribution in [-0.4, -0.2) is 70.0 Å². The Morgan fingerprint density at radius 1 is 1.16 bits per heavy atom. The van der Waals surface area contributed by atoms with E-state index >= 15 is 0 Å². The number of carbonyl (C=O) groups excluding carboxylic acids is 3. The number of allylic oxidation sites excluding steroid dienone is 1. The van der Waals surface area contributed by atoms with Crippen LogP contribution in [0.15, 0.2) is 60.2 Å². The number of hydrogen-bond donors (Lipinski definition) is 4. The number of halogens is 2. The van der Waals surface area contributed by atoms with Gasteiger partial charge in [-0.3, -0.25) is 14.4 Å². The third kappa shape index (κ3) is 6.95. The van der Waals surface area contributed by atoms with Crippen molar-refractivity contribution in [2.24, 2.45) is 0 Å². The molecule has 1 fully saturated rings. The van der Waals surface area contributed by atoms with Crippen molar-refractivity contribution in [1.29, 1.82) is 0 Å². The van der Waals surface area contributed by atoms with Crippen LogP contribution < -0.4 is 10.6 Å². The molecule has 0 bridgehead atoms. The summed E-state index contributed by atoms with van der Waals surface area (Å²) in [5.41, 5.74) is 1.93. The van der Waals surface area contributed by atoms with Crippen LogP contribution in [0.3, 0.4) is 0 Å². The van der Waals surface area contributed by atoms with Crippen molar-refractivity contribution < 1.29 is 33.4 Å². The molecule has 1 saturated heterocycles. The monoisotopic (exact) mass is 529 g/mol. The first kappa shape index (κ1) is 28.8. The van der Waals surface area contributed by atoms with Crippen LogP contribution in [0.1, 0.15) is 41.8 Å². The summed E-state index contributed by atoms with van der Waals surface area (Å²) >= 11 is 0. The van der Waals surface area contributed by atoms with E-state index in [0.29, 0.717) is 16.0 Å². The summed E-state index contributed by atoms with van der Waals surface area (Å²) < 4.78 is 28.8. The fraction of sp³-hybridized carbons (Fsp3) is 0.393. The summed E-state index contributed by atoms with van der Waals surface area (Å²) in [6, 6.07) is 10.4. The molecule has 10 heteroatoms. The minimum atomic E-state index is -3.32. The van der Waals surface area contributed by atoms with Crippen molar-refractivity contribution in [2.45, 2.75) is 57.7 Å². The average molecular weight is 530 g/mol. The van der Waals surface area contributed by atoms with Gasteiger partial charge in [0.2, 0.25) is 5.91 Å². The molecule has 0 radical (unpaired) electrons. The molecule has 1 unspecified atom stereocenters. The van der Waals surface area contributed by atoms with Crippen LogP contribution in [0.5, 0.6) is 5.75 Å². The zero-order valence-corrected chi connectivity index (χ0v) is 21.6. The van der Waals surface area contributed by atoms with E-state index in [1.807, 2.05) is 0 Å². The largest absolute Gasteiger partial charge is 0.508 e. The first-order valence-corrected chi connectivity index (χ1v) is 12.3. The Labute approximate surface area is 220 Å². The average Bonchev–Trinajstić information content (AvgIpc) is 3.23. The van der Waals surface area contributed by atoms with Crippen molar-refractivity contribution in [3.63, 3.8) is 0 Å². The molecule has 38 heavy (non-hydrogen) atoms. The predicted molar refractivity (Wildman–Crippen MR) is 138 cm³/mol. The molecule has 0 aromatic heterocycles. The first-order valence-electron chi connectivity index (χ1n) is 12.3. The van der Waals surface area contributed by atoms with Crippen LogP contribution in [0.2, 0.25) is 0 Å². The molecule has 0 spiro atoms. The van der Waals surface area contributed by atoms with E-state index in [9.17, 15) is 33.4 Å². The lowest BCUT2D eigenvalue weighted by atomic mass is 9.98. The molecule has 0 saturated carbocycles. The minimum Gasteiger partial charge on any atom is -0.508 e. The number of aromatic hydroxyl groups is 1. The molecule has 3 rings (SSSR count). The van der Waals surface area contributed by atoms with Gasteiger partial charge in [0.05, 0.1) is 12.6 Å². The molecule has 3 atom stereocenters. The number of alkyl halides is 2. The van der Waals surface area contributed by atoms with Crippen molar-refractivity contribution in [1.82, 2.24) is 15.5 Å². The number of likely N-dealkylation sites (tertiary alicyclic amines) is 1. The van der Waals surface area contributed by atoms with E-state index in [2.05, 4.69) is 10.6 Å². The number of phenols is 1. The highest BCUT2D eigenvalue weighted by Crippen LogP contribution is 2.33. The predicted octanol–water partition coefficient (Wildman–Crippen LogP) is 2.72. The molecule has 1 heterocycles. The Hall–Kier alpha value is -3.79. The normalized spacial score (nSPS) is 18.5. The lowest BCUT2D eigenvalue weighted by Crippen LogP contribution is -2.56. The molecule has 2 aromatic carbocycles. The molecule has 4 N–H and O–H groups in total. The lowest BCUT2D eigenvalue weighted by molar-refractivity contribution is -0.147. The second-order valence-electron chi connectivity index (χ2n) is 9.56. The number of nitrogens with zero attached hydrogens (tertiary/aromatic N) is 1. The molecule has 0 aliphatic carbocycles. The fourth-order valence-corrected chi connectivity index (χ4v) is 4.30. The number of hydrogen-bond acceptors (Lipinski definition) is 5. The van der Waals surface area contributed by atoms with Gasteiger partial charge in [-0.1, -0.05) is 48.0 Å². The van der Waals surface area contributed by atoms with E-state index in [-0.39, 0.29) is 24.3 Å². The number of aliphatic hydroxyl groups excluding tert-OH is 1. The number of aliphatic hydroxyl groups is 1. The van der Waals surface area contributed by atoms with Gasteiger partial charge in [0.25, 0.3) is 17.7 Å². The van der Waals surface area contributed by atoms with Gasteiger partial charge in [0.1, 0.15) is 11.8 Å². The number of carbonyl (C=O) groups is 3. The number of phenolic OH excluding ortho intramolecular Hbond substituents is 1. The first-order chi connectivity index (χ1) is 17.9. The van der Waals surface area contributed by atoms with Crippen LogP contribution in [0.4, 0.5) is 8.78 Å². The van der Waals surface area contributed by atoms with Crippen molar-refractivity contribution >= 4 is 17.7 Å². The smallest absolute Gasteiger partial charge is 0.267 e. The Kier molecular flexibility index (Phi) is 9.22. The maximum Gasteiger partial charge on any atom is 0.267 e. The zero-order valence-electron chi connectivity index (χ0n) is 21.6. The van der Waals surface area contributed by atoms with Crippen LogP contribution >= 0.6 is 0 Å². The van der Waals surface area contributed by atoms with Crippen LogP contribution in [0.25, 0.3) is 0 Å². The third-order valence-corrected chi connectivity index (χ3v) is 6.69. The molecule has 3 amide bonds. The number of benzene rings is 2. The van der Waals surface area contributed by atoms with Gasteiger partial charge < -0.3 is 25.7 Å². The highest BCUT2D eigenvalue weighted by molar-refractivity contribution is 5.97. The Morgan fingerprint density at radius 3 is 2.50 bits per heavy atom. The zero-order chi connectivity index (χ0) is 28.0. The number of rotatable bonds is 9. The van der Waals surface area contributed by atoms with Gasteiger partial charge in [0.15, 0.2) is 6.10 Å². The summed E-state index contributed by atoms with van der Waals surface area (Å²) in [5, 5.41) is 26.3. The fourth-order valence-electron chi connectivity index (χ4n) is 4.30. The summed E-state index contributed by atoms with van der Waals surface area (Å²) in [7, 11) is 0. The molecule has 204 valence electrons. The van der Waals surface area contributed by atoms with Gasteiger partial charge in [-0.15, -0.1) is 0 Å². The maximum atomic E-state index is 14.4.